The number of aryl methyl sites for hydroxylation is 1. The minimum Gasteiger partial charge on any atom is -0.483 e. The van der Waals surface area contributed by atoms with E-state index in [0.29, 0.717) is 11.6 Å². The zero-order valence-corrected chi connectivity index (χ0v) is 18.0. The van der Waals surface area contributed by atoms with Crippen LogP contribution in [0.3, 0.4) is 0 Å². The number of rotatable bonds is 6. The molecule has 0 unspecified atom stereocenters. The van der Waals surface area contributed by atoms with Gasteiger partial charge in [0, 0.05) is 17.4 Å². The van der Waals surface area contributed by atoms with Gasteiger partial charge in [-0.05, 0) is 54.3 Å². The lowest BCUT2D eigenvalue weighted by Gasteiger charge is -2.15. The number of benzene rings is 2. The van der Waals surface area contributed by atoms with Crippen LogP contribution in [0.5, 0.6) is 5.75 Å². The van der Waals surface area contributed by atoms with E-state index in [2.05, 4.69) is 41.3 Å². The molecule has 2 aromatic heterocycles. The molecule has 30 heavy (non-hydrogen) atoms. The largest absolute Gasteiger partial charge is 0.483 e. The molecule has 0 fully saturated rings. The molecular weight excluding hydrogens is 394 g/mol. The maximum absolute atomic E-state index is 12.5. The topological polar surface area (TPSA) is 64.1 Å². The molecular formula is C24H23N3O2S. The van der Waals surface area contributed by atoms with E-state index in [1.54, 1.807) is 6.20 Å². The Labute approximate surface area is 179 Å². The number of hydrogen-bond donors (Lipinski definition) is 1. The molecule has 152 valence electrons. The number of pyridine rings is 1. The van der Waals surface area contributed by atoms with Crippen molar-refractivity contribution in [3.05, 3.63) is 71.9 Å². The summed E-state index contributed by atoms with van der Waals surface area (Å²) in [4.78, 5) is 22.4. The molecule has 5 nitrogen and oxygen atoms in total. The van der Waals surface area contributed by atoms with Crippen molar-refractivity contribution in [1.82, 2.24) is 9.97 Å². The Morgan fingerprint density at radius 2 is 2.00 bits per heavy atom. The van der Waals surface area contributed by atoms with Crippen molar-refractivity contribution in [2.24, 2.45) is 0 Å². The number of carbonyl (C=O) groups excluding carboxylic acids is 1. The molecule has 0 aliphatic rings. The van der Waals surface area contributed by atoms with Crippen LogP contribution < -0.4 is 10.1 Å². The van der Waals surface area contributed by atoms with Gasteiger partial charge in [0.1, 0.15) is 21.1 Å². The van der Waals surface area contributed by atoms with Gasteiger partial charge < -0.3 is 10.1 Å². The normalized spacial score (nSPS) is 11.1. The Hall–Kier alpha value is -3.25. The molecule has 6 heteroatoms. The van der Waals surface area contributed by atoms with Gasteiger partial charge in [0.05, 0.1) is 0 Å². The predicted octanol–water partition coefficient (Wildman–Crippen LogP) is 5.81. The molecule has 2 heterocycles. The maximum atomic E-state index is 12.5. The molecule has 0 aliphatic carbocycles. The minimum absolute atomic E-state index is 0.0432. The van der Waals surface area contributed by atoms with Gasteiger partial charge in [-0.3, -0.25) is 4.79 Å². The van der Waals surface area contributed by atoms with E-state index in [-0.39, 0.29) is 12.5 Å². The lowest BCUT2D eigenvalue weighted by molar-refractivity contribution is -0.118. The molecule has 4 rings (SSSR count). The molecule has 0 saturated heterocycles. The highest BCUT2D eigenvalue weighted by atomic mass is 32.1. The van der Waals surface area contributed by atoms with Gasteiger partial charge in [0.25, 0.3) is 5.91 Å². The Balaban J connectivity index is 1.45. The van der Waals surface area contributed by atoms with Crippen LogP contribution in [-0.4, -0.2) is 22.5 Å². The first kappa shape index (κ1) is 20.0. The first-order valence-electron chi connectivity index (χ1n) is 9.85. The van der Waals surface area contributed by atoms with Crippen molar-refractivity contribution in [2.75, 3.05) is 11.9 Å². The summed E-state index contributed by atoms with van der Waals surface area (Å²) in [5.41, 5.74) is 4.73. The first-order valence-corrected chi connectivity index (χ1v) is 10.7. The summed E-state index contributed by atoms with van der Waals surface area (Å²) in [5, 5.41) is 3.79. The third kappa shape index (κ3) is 4.49. The predicted molar refractivity (Wildman–Crippen MR) is 122 cm³/mol. The van der Waals surface area contributed by atoms with Gasteiger partial charge in [0.2, 0.25) is 0 Å². The number of carbonyl (C=O) groups is 1. The quantitative estimate of drug-likeness (QED) is 0.430. The van der Waals surface area contributed by atoms with Crippen LogP contribution in [0.4, 0.5) is 5.69 Å². The number of nitrogens with zero attached hydrogens (tertiary/aromatic N) is 2. The van der Waals surface area contributed by atoms with Crippen LogP contribution in [0.25, 0.3) is 20.9 Å². The van der Waals surface area contributed by atoms with Crippen molar-refractivity contribution in [1.29, 1.82) is 0 Å². The highest BCUT2D eigenvalue weighted by Gasteiger charge is 2.12. The van der Waals surface area contributed by atoms with Gasteiger partial charge in [-0.2, -0.15) is 0 Å². The van der Waals surface area contributed by atoms with Crippen LogP contribution in [0.15, 0.2) is 60.8 Å². The van der Waals surface area contributed by atoms with Gasteiger partial charge >= 0.3 is 0 Å². The van der Waals surface area contributed by atoms with Gasteiger partial charge in [-0.25, -0.2) is 9.97 Å². The third-order valence-corrected chi connectivity index (χ3v) is 5.74. The lowest BCUT2D eigenvalue weighted by atomic mass is 10.0. The molecule has 4 aromatic rings. The van der Waals surface area contributed by atoms with E-state index in [4.69, 9.17) is 4.74 Å². The van der Waals surface area contributed by atoms with E-state index in [9.17, 15) is 4.79 Å². The average molecular weight is 418 g/mol. The molecule has 2 aromatic carbocycles. The second-order valence-corrected chi connectivity index (χ2v) is 8.44. The highest BCUT2D eigenvalue weighted by molar-refractivity contribution is 7.21. The number of fused-ring (bicyclic) bond motifs is 1. The SMILES string of the molecule is Cc1ccc(C(C)C)c(OCC(=O)Nc2cccc(-c3nc4cccnc4s3)c2)c1. The first-order chi connectivity index (χ1) is 14.5. The van der Waals surface area contributed by atoms with E-state index < -0.39 is 0 Å². The van der Waals surface area contributed by atoms with Gasteiger partial charge in [-0.1, -0.05) is 49.4 Å². The summed E-state index contributed by atoms with van der Waals surface area (Å²) >= 11 is 1.53. The van der Waals surface area contributed by atoms with Gasteiger partial charge in [0.15, 0.2) is 6.61 Å². The molecule has 1 N–H and O–H groups in total. The maximum Gasteiger partial charge on any atom is 0.262 e. The second-order valence-electron chi connectivity index (χ2n) is 7.46. The smallest absolute Gasteiger partial charge is 0.262 e. The summed E-state index contributed by atoms with van der Waals surface area (Å²) in [6.45, 7) is 6.19. The molecule has 0 atom stereocenters. The molecule has 1 amide bonds. The number of hydrogen-bond acceptors (Lipinski definition) is 5. The molecule has 0 saturated carbocycles. The Morgan fingerprint density at radius 3 is 2.80 bits per heavy atom. The highest BCUT2D eigenvalue weighted by Crippen LogP contribution is 2.30. The molecule has 0 bridgehead atoms. The number of aromatic nitrogens is 2. The fourth-order valence-corrected chi connectivity index (χ4v) is 4.11. The van der Waals surface area contributed by atoms with Gasteiger partial charge in [-0.15, -0.1) is 0 Å². The standard InChI is InChI=1S/C24H23N3O2S/c1-15(2)19-10-9-16(3)12-21(19)29-14-22(28)26-18-7-4-6-17(13-18)23-27-20-8-5-11-25-24(20)30-23/h4-13,15H,14H2,1-3H3,(H,26,28). The van der Waals surface area contributed by atoms with Crippen molar-refractivity contribution in [3.63, 3.8) is 0 Å². The molecule has 0 spiro atoms. The van der Waals surface area contributed by atoms with Crippen LogP contribution in [0, 0.1) is 6.92 Å². The number of anilines is 1. The van der Waals surface area contributed by atoms with E-state index in [1.165, 1.54) is 11.3 Å². The lowest BCUT2D eigenvalue weighted by Crippen LogP contribution is -2.20. The summed E-state index contributed by atoms with van der Waals surface area (Å²) in [5.74, 6) is 0.883. The number of nitrogens with one attached hydrogen (secondary N) is 1. The van der Waals surface area contributed by atoms with Crippen molar-refractivity contribution < 1.29 is 9.53 Å². The average Bonchev–Trinajstić information content (AvgIpc) is 3.17. The number of amides is 1. The summed E-state index contributed by atoms with van der Waals surface area (Å²) in [6, 6.07) is 17.6. The van der Waals surface area contributed by atoms with Crippen molar-refractivity contribution >= 4 is 33.3 Å². The number of ether oxygens (including phenoxy) is 1. The third-order valence-electron chi connectivity index (χ3n) is 4.71. The molecule has 0 aliphatic heterocycles. The zero-order valence-electron chi connectivity index (χ0n) is 17.2. The summed E-state index contributed by atoms with van der Waals surface area (Å²) < 4.78 is 5.84. The fourth-order valence-electron chi connectivity index (χ4n) is 3.21. The fraction of sp³-hybridized carbons (Fsp3) is 0.208. The summed E-state index contributed by atoms with van der Waals surface area (Å²) in [6.07, 6.45) is 1.76. The summed E-state index contributed by atoms with van der Waals surface area (Å²) in [7, 11) is 0. The van der Waals surface area contributed by atoms with Crippen LogP contribution in [0.1, 0.15) is 30.9 Å². The molecule has 0 radical (unpaired) electrons. The number of thiazole rings is 1. The second kappa shape index (κ2) is 8.63. The Morgan fingerprint density at radius 1 is 1.13 bits per heavy atom. The Kier molecular flexibility index (Phi) is 5.77. The monoisotopic (exact) mass is 417 g/mol. The van der Waals surface area contributed by atoms with E-state index in [0.717, 1.165) is 37.8 Å². The zero-order chi connectivity index (χ0) is 21.1. The van der Waals surface area contributed by atoms with E-state index >= 15 is 0 Å². The van der Waals surface area contributed by atoms with Crippen LogP contribution in [-0.2, 0) is 4.79 Å². The van der Waals surface area contributed by atoms with E-state index in [1.807, 2.05) is 49.4 Å². The Bertz CT molecular complexity index is 1170. The van der Waals surface area contributed by atoms with Crippen LogP contribution >= 0.6 is 11.3 Å². The van der Waals surface area contributed by atoms with Crippen molar-refractivity contribution in [2.45, 2.75) is 26.7 Å². The minimum atomic E-state index is -0.200. The van der Waals surface area contributed by atoms with Crippen LogP contribution in [0.2, 0.25) is 0 Å². The van der Waals surface area contributed by atoms with Crippen molar-refractivity contribution in [3.8, 4) is 16.3 Å².